The van der Waals surface area contributed by atoms with Crippen LogP contribution < -0.4 is 5.32 Å². The van der Waals surface area contributed by atoms with Crippen molar-refractivity contribution in [3.63, 3.8) is 0 Å². The van der Waals surface area contributed by atoms with Gasteiger partial charge in [0.2, 0.25) is 0 Å². The zero-order valence-corrected chi connectivity index (χ0v) is 10.5. The van der Waals surface area contributed by atoms with Gasteiger partial charge in [-0.25, -0.2) is 4.39 Å². The number of halogens is 2. The molecule has 1 aromatic carbocycles. The van der Waals surface area contributed by atoms with Gasteiger partial charge in [-0.3, -0.25) is 0 Å². The molecule has 17 heavy (non-hydrogen) atoms. The molecule has 0 saturated carbocycles. The smallest absolute Gasteiger partial charge is 0.124 e. The van der Waals surface area contributed by atoms with Crippen LogP contribution in [-0.2, 0) is 11.3 Å². The lowest BCUT2D eigenvalue weighted by atomic mass is 10.1. The summed E-state index contributed by atoms with van der Waals surface area (Å²) in [7, 11) is 0. The standard InChI is InChI=1S/C13H17ClFNO/c14-13-7-12(15)2-1-11(13)8-16-5-3-10-4-6-17-9-10/h1-2,7,10,16H,3-6,8-9H2. The highest BCUT2D eigenvalue weighted by Gasteiger charge is 2.14. The van der Waals surface area contributed by atoms with Crippen LogP contribution >= 0.6 is 11.6 Å². The monoisotopic (exact) mass is 257 g/mol. The Morgan fingerprint density at radius 3 is 3.06 bits per heavy atom. The summed E-state index contributed by atoms with van der Waals surface area (Å²) in [5, 5.41) is 3.81. The number of rotatable bonds is 5. The molecule has 1 aliphatic heterocycles. The Hall–Kier alpha value is -0.640. The lowest BCUT2D eigenvalue weighted by molar-refractivity contribution is 0.184. The molecule has 0 aromatic heterocycles. The maximum Gasteiger partial charge on any atom is 0.124 e. The zero-order chi connectivity index (χ0) is 12.1. The van der Waals surface area contributed by atoms with E-state index in [9.17, 15) is 4.39 Å². The van der Waals surface area contributed by atoms with Crippen molar-refractivity contribution in [2.45, 2.75) is 19.4 Å². The van der Waals surface area contributed by atoms with E-state index in [-0.39, 0.29) is 5.82 Å². The molecule has 1 aliphatic rings. The van der Waals surface area contributed by atoms with Crippen LogP contribution in [0.1, 0.15) is 18.4 Å². The molecule has 1 saturated heterocycles. The van der Waals surface area contributed by atoms with Gasteiger partial charge in [-0.1, -0.05) is 17.7 Å². The maximum absolute atomic E-state index is 12.8. The van der Waals surface area contributed by atoms with Gasteiger partial charge < -0.3 is 10.1 Å². The minimum absolute atomic E-state index is 0.290. The SMILES string of the molecule is Fc1ccc(CNCCC2CCOC2)c(Cl)c1. The molecule has 0 bridgehead atoms. The lowest BCUT2D eigenvalue weighted by Gasteiger charge is -2.09. The fraction of sp³-hybridized carbons (Fsp3) is 0.538. The van der Waals surface area contributed by atoms with Gasteiger partial charge in [0.15, 0.2) is 0 Å². The number of ether oxygens (including phenoxy) is 1. The Labute approximate surface area is 106 Å². The minimum Gasteiger partial charge on any atom is -0.381 e. The van der Waals surface area contributed by atoms with E-state index >= 15 is 0 Å². The number of nitrogens with one attached hydrogen (secondary N) is 1. The van der Waals surface area contributed by atoms with E-state index in [1.807, 2.05) is 0 Å². The summed E-state index contributed by atoms with van der Waals surface area (Å²) >= 11 is 5.94. The van der Waals surface area contributed by atoms with Crippen LogP contribution in [-0.4, -0.2) is 19.8 Å². The van der Waals surface area contributed by atoms with Gasteiger partial charge in [0.05, 0.1) is 0 Å². The van der Waals surface area contributed by atoms with Crippen molar-refractivity contribution in [1.82, 2.24) is 5.32 Å². The van der Waals surface area contributed by atoms with Gasteiger partial charge in [0, 0.05) is 24.8 Å². The molecule has 2 nitrogen and oxygen atoms in total. The van der Waals surface area contributed by atoms with Gasteiger partial charge in [-0.15, -0.1) is 0 Å². The first-order valence-electron chi connectivity index (χ1n) is 5.98. The van der Waals surface area contributed by atoms with Crippen LogP contribution in [0.15, 0.2) is 18.2 Å². The Kier molecular flexibility index (Phi) is 4.77. The van der Waals surface area contributed by atoms with E-state index in [4.69, 9.17) is 16.3 Å². The predicted molar refractivity (Wildman–Crippen MR) is 66.7 cm³/mol. The molecule has 1 fully saturated rings. The molecule has 0 amide bonds. The molecule has 0 spiro atoms. The number of benzene rings is 1. The van der Waals surface area contributed by atoms with Gasteiger partial charge in [-0.05, 0) is 43.0 Å². The van der Waals surface area contributed by atoms with Crippen molar-refractivity contribution in [3.05, 3.63) is 34.6 Å². The van der Waals surface area contributed by atoms with E-state index in [2.05, 4.69) is 5.32 Å². The van der Waals surface area contributed by atoms with E-state index in [1.165, 1.54) is 18.6 Å². The summed E-state index contributed by atoms with van der Waals surface area (Å²) in [6, 6.07) is 4.51. The largest absolute Gasteiger partial charge is 0.381 e. The van der Waals surface area contributed by atoms with Crippen LogP contribution in [0.5, 0.6) is 0 Å². The van der Waals surface area contributed by atoms with E-state index < -0.39 is 0 Å². The molecule has 1 aromatic rings. The molecule has 1 N–H and O–H groups in total. The van der Waals surface area contributed by atoms with Crippen molar-refractivity contribution >= 4 is 11.6 Å². The van der Waals surface area contributed by atoms with Crippen molar-refractivity contribution in [2.24, 2.45) is 5.92 Å². The quantitative estimate of drug-likeness (QED) is 0.819. The highest BCUT2D eigenvalue weighted by molar-refractivity contribution is 6.31. The summed E-state index contributed by atoms with van der Waals surface area (Å²) < 4.78 is 18.1. The van der Waals surface area contributed by atoms with E-state index in [0.29, 0.717) is 17.5 Å². The first-order valence-corrected chi connectivity index (χ1v) is 6.36. The van der Waals surface area contributed by atoms with Gasteiger partial charge in [0.25, 0.3) is 0 Å². The molecular formula is C13H17ClFNO. The van der Waals surface area contributed by atoms with Crippen LogP contribution in [0.2, 0.25) is 5.02 Å². The summed E-state index contributed by atoms with van der Waals surface area (Å²) in [5.74, 6) is 0.396. The zero-order valence-electron chi connectivity index (χ0n) is 9.72. The fourth-order valence-corrected chi connectivity index (χ4v) is 2.24. The maximum atomic E-state index is 12.8. The van der Waals surface area contributed by atoms with Gasteiger partial charge in [0.1, 0.15) is 5.82 Å². The second-order valence-corrected chi connectivity index (χ2v) is 4.84. The first-order chi connectivity index (χ1) is 8.25. The van der Waals surface area contributed by atoms with Crippen LogP contribution in [0, 0.1) is 11.7 Å². The van der Waals surface area contributed by atoms with Gasteiger partial charge >= 0.3 is 0 Å². The molecular weight excluding hydrogens is 241 g/mol. The fourth-order valence-electron chi connectivity index (χ4n) is 2.01. The molecule has 1 atom stereocenters. The molecule has 0 radical (unpaired) electrons. The molecule has 1 unspecified atom stereocenters. The van der Waals surface area contributed by atoms with Crippen LogP contribution in [0.4, 0.5) is 4.39 Å². The summed E-state index contributed by atoms with van der Waals surface area (Å²) in [5.41, 5.74) is 0.940. The first kappa shape index (κ1) is 12.8. The Morgan fingerprint density at radius 1 is 1.47 bits per heavy atom. The average Bonchev–Trinajstić information content (AvgIpc) is 2.79. The Bertz CT molecular complexity index is 366. The molecule has 0 aliphatic carbocycles. The average molecular weight is 258 g/mol. The van der Waals surface area contributed by atoms with Crippen molar-refractivity contribution in [2.75, 3.05) is 19.8 Å². The summed E-state index contributed by atoms with van der Waals surface area (Å²) in [6.07, 6.45) is 2.29. The molecule has 1 heterocycles. The van der Waals surface area contributed by atoms with Crippen molar-refractivity contribution < 1.29 is 9.13 Å². The molecule has 94 valence electrons. The second-order valence-electron chi connectivity index (χ2n) is 4.43. The van der Waals surface area contributed by atoms with Crippen molar-refractivity contribution in [3.8, 4) is 0 Å². The third kappa shape index (κ3) is 3.95. The van der Waals surface area contributed by atoms with Crippen molar-refractivity contribution in [1.29, 1.82) is 0 Å². The predicted octanol–water partition coefficient (Wildman–Crippen LogP) is 3.00. The number of hydrogen-bond acceptors (Lipinski definition) is 2. The highest BCUT2D eigenvalue weighted by atomic mass is 35.5. The van der Waals surface area contributed by atoms with Crippen LogP contribution in [0.25, 0.3) is 0 Å². The normalized spacial score (nSPS) is 19.8. The Morgan fingerprint density at radius 2 is 2.35 bits per heavy atom. The summed E-state index contributed by atoms with van der Waals surface area (Å²) in [4.78, 5) is 0. The third-order valence-corrected chi connectivity index (χ3v) is 3.44. The lowest BCUT2D eigenvalue weighted by Crippen LogP contribution is -2.18. The van der Waals surface area contributed by atoms with E-state index in [1.54, 1.807) is 6.07 Å². The minimum atomic E-state index is -0.290. The second kappa shape index (κ2) is 6.34. The van der Waals surface area contributed by atoms with Crippen LogP contribution in [0.3, 0.4) is 0 Å². The molecule has 2 rings (SSSR count). The van der Waals surface area contributed by atoms with E-state index in [0.717, 1.165) is 31.7 Å². The van der Waals surface area contributed by atoms with Gasteiger partial charge in [-0.2, -0.15) is 0 Å². The Balaban J connectivity index is 1.70. The highest BCUT2D eigenvalue weighted by Crippen LogP contribution is 2.18. The summed E-state index contributed by atoms with van der Waals surface area (Å²) in [6.45, 7) is 3.42. The molecule has 4 heteroatoms. The third-order valence-electron chi connectivity index (χ3n) is 3.08. The number of hydrogen-bond donors (Lipinski definition) is 1. The topological polar surface area (TPSA) is 21.3 Å².